The first kappa shape index (κ1) is 11.3. The van der Waals surface area contributed by atoms with Crippen molar-refractivity contribution in [3.8, 4) is 0 Å². The molecule has 0 radical (unpaired) electrons. The first-order chi connectivity index (χ1) is 6.33. The summed E-state index contributed by atoms with van der Waals surface area (Å²) in [4.78, 5) is 2.59. The summed E-state index contributed by atoms with van der Waals surface area (Å²) in [5.74, 6) is 2.66. The average molecular weight is 202 g/mol. The summed E-state index contributed by atoms with van der Waals surface area (Å²) in [6, 6.07) is 0.680. The van der Waals surface area contributed by atoms with Crippen LogP contribution in [0.15, 0.2) is 0 Å². The highest BCUT2D eigenvalue weighted by atomic mass is 32.2. The van der Waals surface area contributed by atoms with Gasteiger partial charge >= 0.3 is 0 Å². The molecule has 0 spiro atoms. The summed E-state index contributed by atoms with van der Waals surface area (Å²) in [5.41, 5.74) is 0. The molecule has 0 saturated carbocycles. The lowest BCUT2D eigenvalue weighted by molar-refractivity contribution is 0.284. The highest BCUT2D eigenvalue weighted by molar-refractivity contribution is 7.99. The SMILES string of the molecule is CCNC(C)CCN1CCSCC1. The highest BCUT2D eigenvalue weighted by Crippen LogP contribution is 2.09. The molecule has 78 valence electrons. The standard InChI is InChI=1S/C10H22N2S/c1-3-11-10(2)4-5-12-6-8-13-9-7-12/h10-11H,3-9H2,1-2H3. The van der Waals surface area contributed by atoms with Crippen LogP contribution in [0, 0.1) is 0 Å². The molecule has 0 aliphatic carbocycles. The van der Waals surface area contributed by atoms with Crippen LogP contribution in [0.2, 0.25) is 0 Å². The van der Waals surface area contributed by atoms with E-state index in [0.717, 1.165) is 6.54 Å². The summed E-state index contributed by atoms with van der Waals surface area (Å²) in [6.45, 7) is 9.41. The number of thioether (sulfide) groups is 1. The van der Waals surface area contributed by atoms with Crippen molar-refractivity contribution in [3.63, 3.8) is 0 Å². The Hall–Kier alpha value is 0.270. The Kier molecular flexibility index (Phi) is 5.83. The van der Waals surface area contributed by atoms with Gasteiger partial charge in [0.1, 0.15) is 0 Å². The van der Waals surface area contributed by atoms with Gasteiger partial charge in [-0.25, -0.2) is 0 Å². The second-order valence-corrected chi connectivity index (χ2v) is 4.93. The zero-order valence-electron chi connectivity index (χ0n) is 8.88. The lowest BCUT2D eigenvalue weighted by atomic mass is 10.2. The largest absolute Gasteiger partial charge is 0.314 e. The van der Waals surface area contributed by atoms with E-state index in [2.05, 4.69) is 35.8 Å². The molecule has 1 N–H and O–H groups in total. The van der Waals surface area contributed by atoms with Crippen molar-refractivity contribution in [1.82, 2.24) is 10.2 Å². The Labute approximate surface area is 86.5 Å². The van der Waals surface area contributed by atoms with Crippen molar-refractivity contribution < 1.29 is 0 Å². The molecule has 1 atom stereocenters. The first-order valence-corrected chi connectivity index (χ1v) is 6.52. The lowest BCUT2D eigenvalue weighted by Crippen LogP contribution is -2.36. The van der Waals surface area contributed by atoms with Gasteiger partial charge in [-0.2, -0.15) is 11.8 Å². The predicted molar refractivity (Wildman–Crippen MR) is 61.5 cm³/mol. The van der Waals surface area contributed by atoms with E-state index in [1.54, 1.807) is 0 Å². The Morgan fingerprint density at radius 3 is 2.69 bits per heavy atom. The summed E-state index contributed by atoms with van der Waals surface area (Å²) in [5, 5.41) is 3.45. The fraction of sp³-hybridized carbons (Fsp3) is 1.00. The third-order valence-electron chi connectivity index (χ3n) is 2.53. The van der Waals surface area contributed by atoms with Crippen molar-refractivity contribution in [2.45, 2.75) is 26.3 Å². The molecule has 1 saturated heterocycles. The van der Waals surface area contributed by atoms with Gasteiger partial charge in [-0.15, -0.1) is 0 Å². The molecular formula is C10H22N2S. The Balaban J connectivity index is 2.03. The van der Waals surface area contributed by atoms with Gasteiger partial charge in [0.2, 0.25) is 0 Å². The minimum atomic E-state index is 0.680. The number of nitrogens with one attached hydrogen (secondary N) is 1. The molecule has 0 aromatic heterocycles. The van der Waals surface area contributed by atoms with Gasteiger partial charge in [0.05, 0.1) is 0 Å². The third-order valence-corrected chi connectivity index (χ3v) is 3.48. The van der Waals surface area contributed by atoms with Crippen LogP contribution in [0.3, 0.4) is 0 Å². The molecule has 1 aliphatic heterocycles. The number of rotatable bonds is 5. The van der Waals surface area contributed by atoms with E-state index in [-0.39, 0.29) is 0 Å². The molecule has 1 heterocycles. The summed E-state index contributed by atoms with van der Waals surface area (Å²) < 4.78 is 0. The van der Waals surface area contributed by atoms with Crippen molar-refractivity contribution >= 4 is 11.8 Å². The van der Waals surface area contributed by atoms with E-state index in [1.165, 1.54) is 37.6 Å². The Morgan fingerprint density at radius 1 is 1.38 bits per heavy atom. The molecule has 1 rings (SSSR count). The van der Waals surface area contributed by atoms with Gasteiger partial charge < -0.3 is 10.2 Å². The minimum absolute atomic E-state index is 0.680. The molecule has 0 amide bonds. The van der Waals surface area contributed by atoms with Crippen molar-refractivity contribution in [3.05, 3.63) is 0 Å². The van der Waals surface area contributed by atoms with Crippen LogP contribution in [0.1, 0.15) is 20.3 Å². The highest BCUT2D eigenvalue weighted by Gasteiger charge is 2.10. The van der Waals surface area contributed by atoms with Gasteiger partial charge in [0, 0.05) is 30.6 Å². The molecule has 0 aromatic carbocycles. The molecule has 0 aromatic rings. The second-order valence-electron chi connectivity index (χ2n) is 3.70. The zero-order valence-corrected chi connectivity index (χ0v) is 9.70. The maximum absolute atomic E-state index is 3.45. The van der Waals surface area contributed by atoms with Gasteiger partial charge in [0.15, 0.2) is 0 Å². The Bertz CT molecular complexity index is 124. The van der Waals surface area contributed by atoms with Crippen LogP contribution in [0.25, 0.3) is 0 Å². The van der Waals surface area contributed by atoms with Gasteiger partial charge in [-0.3, -0.25) is 0 Å². The van der Waals surface area contributed by atoms with Crippen LogP contribution >= 0.6 is 11.8 Å². The van der Waals surface area contributed by atoms with E-state index < -0.39 is 0 Å². The number of hydrogen-bond acceptors (Lipinski definition) is 3. The van der Waals surface area contributed by atoms with Crippen LogP contribution in [-0.2, 0) is 0 Å². The van der Waals surface area contributed by atoms with E-state index in [0.29, 0.717) is 6.04 Å². The topological polar surface area (TPSA) is 15.3 Å². The van der Waals surface area contributed by atoms with E-state index in [9.17, 15) is 0 Å². The molecular weight excluding hydrogens is 180 g/mol. The third kappa shape index (κ3) is 4.89. The molecule has 3 heteroatoms. The lowest BCUT2D eigenvalue weighted by Gasteiger charge is -2.27. The van der Waals surface area contributed by atoms with Crippen LogP contribution in [0.5, 0.6) is 0 Å². The monoisotopic (exact) mass is 202 g/mol. The van der Waals surface area contributed by atoms with Crippen molar-refractivity contribution in [1.29, 1.82) is 0 Å². The smallest absolute Gasteiger partial charge is 0.00727 e. The second kappa shape index (κ2) is 6.68. The number of nitrogens with zero attached hydrogens (tertiary/aromatic N) is 1. The Morgan fingerprint density at radius 2 is 2.08 bits per heavy atom. The van der Waals surface area contributed by atoms with Gasteiger partial charge in [-0.05, 0) is 26.4 Å². The van der Waals surface area contributed by atoms with Crippen LogP contribution < -0.4 is 5.32 Å². The molecule has 0 bridgehead atoms. The molecule has 1 unspecified atom stereocenters. The maximum Gasteiger partial charge on any atom is 0.00727 e. The quantitative estimate of drug-likeness (QED) is 0.726. The fourth-order valence-electron chi connectivity index (χ4n) is 1.65. The normalized spacial score (nSPS) is 21.7. The molecule has 2 nitrogen and oxygen atoms in total. The summed E-state index contributed by atoms with van der Waals surface area (Å²) in [7, 11) is 0. The van der Waals surface area contributed by atoms with Crippen molar-refractivity contribution in [2.24, 2.45) is 0 Å². The van der Waals surface area contributed by atoms with Crippen LogP contribution in [-0.4, -0.2) is 48.6 Å². The van der Waals surface area contributed by atoms with Gasteiger partial charge in [-0.1, -0.05) is 6.92 Å². The predicted octanol–water partition coefficient (Wildman–Crippen LogP) is 1.42. The molecule has 13 heavy (non-hydrogen) atoms. The minimum Gasteiger partial charge on any atom is -0.314 e. The van der Waals surface area contributed by atoms with E-state index in [4.69, 9.17) is 0 Å². The number of hydrogen-bond donors (Lipinski definition) is 1. The maximum atomic E-state index is 3.45. The summed E-state index contributed by atoms with van der Waals surface area (Å²) in [6.07, 6.45) is 1.29. The molecule has 1 fully saturated rings. The van der Waals surface area contributed by atoms with E-state index in [1.807, 2.05) is 0 Å². The molecule has 1 aliphatic rings. The van der Waals surface area contributed by atoms with Gasteiger partial charge in [0.25, 0.3) is 0 Å². The fourth-order valence-corrected chi connectivity index (χ4v) is 2.63. The first-order valence-electron chi connectivity index (χ1n) is 5.36. The van der Waals surface area contributed by atoms with E-state index >= 15 is 0 Å². The summed E-state index contributed by atoms with van der Waals surface area (Å²) >= 11 is 2.09. The average Bonchev–Trinajstić information content (AvgIpc) is 2.17. The van der Waals surface area contributed by atoms with Crippen molar-refractivity contribution in [2.75, 3.05) is 37.7 Å². The zero-order chi connectivity index (χ0) is 9.52. The van der Waals surface area contributed by atoms with Crippen LogP contribution in [0.4, 0.5) is 0 Å².